The van der Waals surface area contributed by atoms with Gasteiger partial charge in [0.1, 0.15) is 0 Å². The average molecular weight is 233 g/mol. The van der Waals surface area contributed by atoms with Gasteiger partial charge >= 0.3 is 0 Å². The molecule has 0 aliphatic heterocycles. The molecule has 1 unspecified atom stereocenters. The number of amidine groups is 1. The second-order valence-electron chi connectivity index (χ2n) is 4.67. The molecule has 0 amide bonds. The zero-order valence-electron chi connectivity index (χ0n) is 11.0. The van der Waals surface area contributed by atoms with E-state index in [1.54, 1.807) is 0 Å². The zero-order valence-corrected chi connectivity index (χ0v) is 11.0. The third-order valence-corrected chi connectivity index (χ3v) is 3.00. The van der Waals surface area contributed by atoms with Crippen LogP contribution in [0.1, 0.15) is 25.0 Å². The van der Waals surface area contributed by atoms with E-state index < -0.39 is 0 Å². The SMILES string of the molecule is CCN(Cc1cccc(C)c1)CC(C)C(=N)N. The highest BCUT2D eigenvalue weighted by Gasteiger charge is 2.11. The van der Waals surface area contributed by atoms with Gasteiger partial charge in [-0.15, -0.1) is 0 Å². The summed E-state index contributed by atoms with van der Waals surface area (Å²) in [5, 5.41) is 7.43. The number of nitrogens with two attached hydrogens (primary N) is 1. The quantitative estimate of drug-likeness (QED) is 0.585. The van der Waals surface area contributed by atoms with Crippen LogP contribution in [0.5, 0.6) is 0 Å². The summed E-state index contributed by atoms with van der Waals surface area (Å²) in [6, 6.07) is 8.56. The van der Waals surface area contributed by atoms with Gasteiger partial charge in [0.25, 0.3) is 0 Å². The second-order valence-corrected chi connectivity index (χ2v) is 4.67. The maximum Gasteiger partial charge on any atom is 0.0947 e. The van der Waals surface area contributed by atoms with Crippen LogP contribution in [-0.2, 0) is 6.54 Å². The highest BCUT2D eigenvalue weighted by Crippen LogP contribution is 2.09. The monoisotopic (exact) mass is 233 g/mol. The van der Waals surface area contributed by atoms with Crippen LogP contribution >= 0.6 is 0 Å². The van der Waals surface area contributed by atoms with Crippen LogP contribution in [0.2, 0.25) is 0 Å². The molecule has 1 atom stereocenters. The Morgan fingerprint density at radius 1 is 1.47 bits per heavy atom. The Morgan fingerprint density at radius 3 is 2.71 bits per heavy atom. The zero-order chi connectivity index (χ0) is 12.8. The molecule has 0 aromatic heterocycles. The first kappa shape index (κ1) is 13.7. The molecule has 0 saturated heterocycles. The average Bonchev–Trinajstić information content (AvgIpc) is 2.27. The van der Waals surface area contributed by atoms with E-state index >= 15 is 0 Å². The van der Waals surface area contributed by atoms with E-state index in [1.807, 2.05) is 6.92 Å². The van der Waals surface area contributed by atoms with Crippen molar-refractivity contribution in [3.8, 4) is 0 Å². The van der Waals surface area contributed by atoms with Crippen molar-refractivity contribution in [2.24, 2.45) is 11.7 Å². The van der Waals surface area contributed by atoms with Gasteiger partial charge in [-0.05, 0) is 19.0 Å². The molecule has 3 nitrogen and oxygen atoms in total. The van der Waals surface area contributed by atoms with Gasteiger partial charge in [-0.25, -0.2) is 0 Å². The minimum atomic E-state index is 0.125. The molecule has 0 heterocycles. The third kappa shape index (κ3) is 4.57. The molecule has 0 aliphatic rings. The number of hydrogen-bond acceptors (Lipinski definition) is 2. The number of rotatable bonds is 6. The smallest absolute Gasteiger partial charge is 0.0947 e. The van der Waals surface area contributed by atoms with E-state index in [2.05, 4.69) is 43.0 Å². The van der Waals surface area contributed by atoms with Crippen molar-refractivity contribution in [3.05, 3.63) is 35.4 Å². The fourth-order valence-electron chi connectivity index (χ4n) is 1.86. The predicted molar refractivity (Wildman–Crippen MR) is 73.2 cm³/mol. The lowest BCUT2D eigenvalue weighted by Gasteiger charge is -2.23. The minimum absolute atomic E-state index is 0.125. The topological polar surface area (TPSA) is 53.1 Å². The summed E-state index contributed by atoms with van der Waals surface area (Å²) in [6.45, 7) is 9.00. The van der Waals surface area contributed by atoms with E-state index in [9.17, 15) is 0 Å². The van der Waals surface area contributed by atoms with E-state index in [4.69, 9.17) is 11.1 Å². The van der Waals surface area contributed by atoms with Gasteiger partial charge in [0.15, 0.2) is 0 Å². The number of nitrogens with one attached hydrogen (secondary N) is 1. The van der Waals surface area contributed by atoms with Gasteiger partial charge in [-0.2, -0.15) is 0 Å². The summed E-state index contributed by atoms with van der Waals surface area (Å²) in [7, 11) is 0. The maximum atomic E-state index is 7.43. The highest BCUT2D eigenvalue weighted by atomic mass is 15.1. The summed E-state index contributed by atoms with van der Waals surface area (Å²) in [4.78, 5) is 2.32. The third-order valence-electron chi connectivity index (χ3n) is 3.00. The standard InChI is InChI=1S/C14H23N3/c1-4-17(9-12(3)14(15)16)10-13-7-5-6-11(2)8-13/h5-8,12H,4,9-10H2,1-3H3,(H3,15,16). The number of hydrogen-bond donors (Lipinski definition) is 2. The summed E-state index contributed by atoms with van der Waals surface area (Å²) < 4.78 is 0. The van der Waals surface area contributed by atoms with Crippen LogP contribution in [0.25, 0.3) is 0 Å². The molecule has 94 valence electrons. The first-order valence-electron chi connectivity index (χ1n) is 6.14. The fraction of sp³-hybridized carbons (Fsp3) is 0.500. The molecule has 3 N–H and O–H groups in total. The first-order chi connectivity index (χ1) is 8.02. The van der Waals surface area contributed by atoms with Crippen molar-refractivity contribution in [2.45, 2.75) is 27.3 Å². The molecule has 0 spiro atoms. The minimum Gasteiger partial charge on any atom is -0.387 e. The lowest BCUT2D eigenvalue weighted by atomic mass is 10.1. The van der Waals surface area contributed by atoms with E-state index in [-0.39, 0.29) is 11.8 Å². The molecule has 0 saturated carbocycles. The van der Waals surface area contributed by atoms with Crippen LogP contribution in [-0.4, -0.2) is 23.8 Å². The summed E-state index contributed by atoms with van der Waals surface area (Å²) >= 11 is 0. The Hall–Kier alpha value is -1.35. The normalized spacial score (nSPS) is 12.7. The number of aryl methyl sites for hydroxylation is 1. The highest BCUT2D eigenvalue weighted by molar-refractivity contribution is 5.79. The molecule has 1 aromatic rings. The lowest BCUT2D eigenvalue weighted by Crippen LogP contribution is -2.34. The molecule has 17 heavy (non-hydrogen) atoms. The number of nitrogens with zero attached hydrogens (tertiary/aromatic N) is 1. The second kappa shape index (κ2) is 6.40. The Bertz CT molecular complexity index is 373. The molecule has 0 fully saturated rings. The van der Waals surface area contributed by atoms with Crippen LogP contribution in [0, 0.1) is 18.3 Å². The first-order valence-corrected chi connectivity index (χ1v) is 6.14. The molecule has 1 rings (SSSR count). The van der Waals surface area contributed by atoms with Gasteiger partial charge in [0.2, 0.25) is 0 Å². The molecule has 3 heteroatoms. The fourth-order valence-corrected chi connectivity index (χ4v) is 1.86. The largest absolute Gasteiger partial charge is 0.387 e. The summed E-state index contributed by atoms with van der Waals surface area (Å²) in [6.07, 6.45) is 0. The van der Waals surface area contributed by atoms with Crippen LogP contribution < -0.4 is 5.73 Å². The molecule has 0 radical (unpaired) electrons. The summed E-state index contributed by atoms with van der Waals surface area (Å²) in [5.74, 6) is 0.396. The van der Waals surface area contributed by atoms with Crippen LogP contribution in [0.4, 0.5) is 0 Å². The van der Waals surface area contributed by atoms with Crippen molar-refractivity contribution in [1.82, 2.24) is 4.90 Å². The van der Waals surface area contributed by atoms with Crippen LogP contribution in [0.3, 0.4) is 0 Å². The van der Waals surface area contributed by atoms with Gasteiger partial charge in [-0.1, -0.05) is 43.7 Å². The Morgan fingerprint density at radius 2 is 2.18 bits per heavy atom. The van der Waals surface area contributed by atoms with E-state index in [1.165, 1.54) is 11.1 Å². The van der Waals surface area contributed by atoms with Gasteiger partial charge in [-0.3, -0.25) is 10.3 Å². The molecular formula is C14H23N3. The van der Waals surface area contributed by atoms with Crippen molar-refractivity contribution >= 4 is 5.84 Å². The molecule has 0 bridgehead atoms. The molecular weight excluding hydrogens is 210 g/mol. The van der Waals surface area contributed by atoms with Gasteiger partial charge in [0.05, 0.1) is 5.84 Å². The van der Waals surface area contributed by atoms with Gasteiger partial charge < -0.3 is 5.73 Å². The molecule has 1 aromatic carbocycles. The summed E-state index contributed by atoms with van der Waals surface area (Å²) in [5.41, 5.74) is 8.12. The van der Waals surface area contributed by atoms with E-state index in [0.29, 0.717) is 0 Å². The predicted octanol–water partition coefficient (Wildman–Crippen LogP) is 2.39. The number of benzene rings is 1. The van der Waals surface area contributed by atoms with Crippen molar-refractivity contribution < 1.29 is 0 Å². The Balaban J connectivity index is 2.61. The lowest BCUT2D eigenvalue weighted by molar-refractivity contribution is 0.263. The van der Waals surface area contributed by atoms with Crippen molar-refractivity contribution in [1.29, 1.82) is 5.41 Å². The van der Waals surface area contributed by atoms with E-state index in [0.717, 1.165) is 19.6 Å². The maximum absolute atomic E-state index is 7.43. The molecule has 0 aliphatic carbocycles. The van der Waals surface area contributed by atoms with Crippen LogP contribution in [0.15, 0.2) is 24.3 Å². The van der Waals surface area contributed by atoms with Crippen molar-refractivity contribution in [3.63, 3.8) is 0 Å². The Kier molecular flexibility index (Phi) is 5.16. The van der Waals surface area contributed by atoms with Gasteiger partial charge in [0, 0.05) is 19.0 Å². The Labute approximate surface area is 104 Å². The van der Waals surface area contributed by atoms with Crippen molar-refractivity contribution in [2.75, 3.05) is 13.1 Å².